The van der Waals surface area contributed by atoms with E-state index in [9.17, 15) is 26.7 Å². The summed E-state index contributed by atoms with van der Waals surface area (Å²) in [6, 6.07) is 4.76. The molecule has 0 fully saturated rings. The molecular weight excluding hydrogens is 373 g/mol. The molecule has 1 aromatic heterocycles. The van der Waals surface area contributed by atoms with Crippen LogP contribution in [0, 0.1) is 17.1 Å². The Morgan fingerprint density at radius 1 is 1.38 bits per heavy atom. The number of ether oxygens (including phenoxy) is 1. The maximum atomic E-state index is 14.0. The largest absolute Gasteiger partial charge is 0.439 e. The van der Waals surface area contributed by atoms with Gasteiger partial charge in [-0.2, -0.15) is 5.26 Å². The lowest BCUT2D eigenvalue weighted by Gasteiger charge is -2.15. The molecule has 2 aromatic rings. The summed E-state index contributed by atoms with van der Waals surface area (Å²) in [5, 5.41) is 18.7. The van der Waals surface area contributed by atoms with Crippen molar-refractivity contribution in [3.8, 4) is 17.7 Å². The normalized spacial score (nSPS) is 18.2. The van der Waals surface area contributed by atoms with Crippen LogP contribution in [-0.4, -0.2) is 30.7 Å². The lowest BCUT2D eigenvalue weighted by atomic mass is 10.1. The first-order valence-corrected chi connectivity index (χ1v) is 9.08. The molecule has 0 saturated heterocycles. The minimum atomic E-state index is -3.93. The number of alkyl halides is 2. The number of hydrogen-bond donors (Lipinski definition) is 1. The van der Waals surface area contributed by atoms with Gasteiger partial charge >= 0.3 is 0 Å². The lowest BCUT2D eigenvalue weighted by molar-refractivity contribution is -0.0976. The molecule has 0 amide bonds. The van der Waals surface area contributed by atoms with Crippen molar-refractivity contribution in [1.82, 2.24) is 4.98 Å². The Morgan fingerprint density at radius 2 is 2.08 bits per heavy atom. The fourth-order valence-electron chi connectivity index (χ4n) is 2.72. The quantitative estimate of drug-likeness (QED) is 0.873. The van der Waals surface area contributed by atoms with Gasteiger partial charge in [-0.25, -0.2) is 26.6 Å². The molecule has 1 aromatic carbocycles. The highest BCUT2D eigenvalue weighted by molar-refractivity contribution is 7.90. The Bertz CT molecular complexity index is 1050. The summed E-state index contributed by atoms with van der Waals surface area (Å²) in [6.45, 7) is 0. The zero-order valence-corrected chi connectivity index (χ0v) is 14.0. The van der Waals surface area contributed by atoms with Crippen LogP contribution in [0.25, 0.3) is 0 Å². The second-order valence-electron chi connectivity index (χ2n) is 5.82. The third-order valence-corrected chi connectivity index (χ3v) is 4.97. The summed E-state index contributed by atoms with van der Waals surface area (Å²) < 4.78 is 70.4. The van der Waals surface area contributed by atoms with E-state index < -0.39 is 50.4 Å². The van der Waals surface area contributed by atoms with Crippen LogP contribution < -0.4 is 4.74 Å². The average Bonchev–Trinajstić information content (AvgIpc) is 2.77. The Hall–Kier alpha value is -2.64. The number of aliphatic hydroxyl groups excluding tert-OH is 1. The molecule has 1 heterocycles. The van der Waals surface area contributed by atoms with Gasteiger partial charge in [-0.15, -0.1) is 0 Å². The van der Waals surface area contributed by atoms with Gasteiger partial charge in [0, 0.05) is 36.1 Å². The van der Waals surface area contributed by atoms with Crippen molar-refractivity contribution in [3.63, 3.8) is 0 Å². The van der Waals surface area contributed by atoms with E-state index in [0.717, 1.165) is 24.6 Å². The fourth-order valence-corrected chi connectivity index (χ4v) is 3.60. The second-order valence-corrected chi connectivity index (χ2v) is 7.81. The van der Waals surface area contributed by atoms with E-state index in [-0.39, 0.29) is 16.9 Å². The minimum Gasteiger partial charge on any atom is -0.439 e. The van der Waals surface area contributed by atoms with E-state index in [1.54, 1.807) is 6.07 Å². The van der Waals surface area contributed by atoms with E-state index in [2.05, 4.69) is 4.98 Å². The highest BCUT2D eigenvalue weighted by Crippen LogP contribution is 2.48. The SMILES string of the molecule is CS(=O)(=O)c1cnc(Oc2cc(F)cc(C#N)c2)c2c1[C@H](O)C(F)(F)C2. The average molecular weight is 384 g/mol. The second kappa shape index (κ2) is 5.96. The predicted octanol–water partition coefficient (Wildman–Crippen LogP) is 2.51. The molecule has 0 aliphatic heterocycles. The first kappa shape index (κ1) is 18.2. The number of nitrogens with zero attached hydrogens (tertiary/aromatic N) is 2. The highest BCUT2D eigenvalue weighted by Gasteiger charge is 2.50. The first-order valence-electron chi connectivity index (χ1n) is 7.19. The molecule has 0 unspecified atom stereocenters. The van der Waals surface area contributed by atoms with Crippen LogP contribution in [0.5, 0.6) is 11.6 Å². The van der Waals surface area contributed by atoms with Crippen LogP contribution >= 0.6 is 0 Å². The maximum Gasteiger partial charge on any atom is 0.281 e. The number of aromatic nitrogens is 1. The molecular formula is C16H11F3N2O4S. The zero-order chi connectivity index (χ0) is 19.3. The summed E-state index contributed by atoms with van der Waals surface area (Å²) in [7, 11) is -3.93. The van der Waals surface area contributed by atoms with Gasteiger partial charge in [-0.05, 0) is 12.1 Å². The molecule has 6 nitrogen and oxygen atoms in total. The van der Waals surface area contributed by atoms with Gasteiger partial charge < -0.3 is 9.84 Å². The summed E-state index contributed by atoms with van der Waals surface area (Å²) in [5.74, 6) is -4.96. The van der Waals surface area contributed by atoms with Crippen molar-refractivity contribution in [2.24, 2.45) is 0 Å². The van der Waals surface area contributed by atoms with Gasteiger partial charge in [-0.3, -0.25) is 0 Å². The third-order valence-electron chi connectivity index (χ3n) is 3.85. The Balaban J connectivity index is 2.15. The fraction of sp³-hybridized carbons (Fsp3) is 0.250. The van der Waals surface area contributed by atoms with Crippen LogP contribution in [0.1, 0.15) is 22.8 Å². The number of sulfone groups is 1. The smallest absolute Gasteiger partial charge is 0.281 e. The molecule has 0 spiro atoms. The summed E-state index contributed by atoms with van der Waals surface area (Å²) in [6.07, 6.45) is -1.72. The van der Waals surface area contributed by atoms with Crippen molar-refractivity contribution < 1.29 is 31.4 Å². The molecule has 0 bridgehead atoms. The van der Waals surface area contributed by atoms with E-state index in [4.69, 9.17) is 10.00 Å². The number of aliphatic hydroxyl groups is 1. The van der Waals surface area contributed by atoms with Crippen molar-refractivity contribution in [1.29, 1.82) is 5.26 Å². The van der Waals surface area contributed by atoms with Gasteiger partial charge in [0.05, 0.1) is 16.5 Å². The zero-order valence-electron chi connectivity index (χ0n) is 13.2. The van der Waals surface area contributed by atoms with Crippen molar-refractivity contribution in [3.05, 3.63) is 46.9 Å². The van der Waals surface area contributed by atoms with Crippen LogP contribution in [0.3, 0.4) is 0 Å². The van der Waals surface area contributed by atoms with Crippen LogP contribution in [0.4, 0.5) is 13.2 Å². The molecule has 10 heteroatoms. The number of fused-ring (bicyclic) bond motifs is 1. The molecule has 1 N–H and O–H groups in total. The van der Waals surface area contributed by atoms with Gasteiger partial charge in [0.2, 0.25) is 5.88 Å². The lowest BCUT2D eigenvalue weighted by Crippen LogP contribution is -2.22. The van der Waals surface area contributed by atoms with E-state index in [1.807, 2.05) is 0 Å². The van der Waals surface area contributed by atoms with E-state index in [1.165, 1.54) is 6.07 Å². The predicted molar refractivity (Wildman–Crippen MR) is 82.1 cm³/mol. The molecule has 26 heavy (non-hydrogen) atoms. The van der Waals surface area contributed by atoms with E-state index >= 15 is 0 Å². The summed E-state index contributed by atoms with van der Waals surface area (Å²) >= 11 is 0. The number of rotatable bonds is 3. The van der Waals surface area contributed by atoms with Crippen LogP contribution in [0.15, 0.2) is 29.3 Å². The summed E-state index contributed by atoms with van der Waals surface area (Å²) in [5.41, 5.74) is -0.831. The molecule has 1 aliphatic rings. The van der Waals surface area contributed by atoms with Crippen LogP contribution in [-0.2, 0) is 16.3 Å². The molecule has 0 saturated carbocycles. The number of hydrogen-bond acceptors (Lipinski definition) is 6. The number of benzene rings is 1. The standard InChI is InChI=1S/C16H11F3N2O4S/c1-26(23,24)12-7-21-15(11-5-16(18,19)14(22)13(11)12)25-10-3-8(6-20)2-9(17)4-10/h2-4,7,14,22H,5H2,1H3/t14-/m0/s1. The highest BCUT2D eigenvalue weighted by atomic mass is 32.2. The molecule has 136 valence electrons. The molecule has 3 rings (SSSR count). The molecule has 0 radical (unpaired) electrons. The minimum absolute atomic E-state index is 0.0604. The monoisotopic (exact) mass is 384 g/mol. The van der Waals surface area contributed by atoms with Gasteiger partial charge in [0.25, 0.3) is 5.92 Å². The third kappa shape index (κ3) is 3.11. The maximum absolute atomic E-state index is 14.0. The van der Waals surface area contributed by atoms with Crippen molar-refractivity contribution in [2.45, 2.75) is 23.3 Å². The van der Waals surface area contributed by atoms with Crippen molar-refractivity contribution >= 4 is 9.84 Å². The Labute approximate surface area is 146 Å². The topological polar surface area (TPSA) is 100 Å². The number of pyridine rings is 1. The van der Waals surface area contributed by atoms with E-state index in [0.29, 0.717) is 0 Å². The van der Waals surface area contributed by atoms with Gasteiger partial charge in [-0.1, -0.05) is 0 Å². The van der Waals surface area contributed by atoms with Gasteiger partial charge in [0.1, 0.15) is 17.7 Å². The first-order chi connectivity index (χ1) is 12.0. The Kier molecular flexibility index (Phi) is 4.17. The Morgan fingerprint density at radius 3 is 2.69 bits per heavy atom. The van der Waals surface area contributed by atoms with Gasteiger partial charge in [0.15, 0.2) is 9.84 Å². The van der Waals surface area contributed by atoms with Crippen molar-refractivity contribution in [2.75, 3.05) is 6.26 Å². The molecule has 1 atom stereocenters. The molecule has 1 aliphatic carbocycles. The summed E-state index contributed by atoms with van der Waals surface area (Å²) in [4.78, 5) is 3.22. The number of halogens is 3. The van der Waals surface area contributed by atoms with Crippen LogP contribution in [0.2, 0.25) is 0 Å². The number of nitriles is 1.